The van der Waals surface area contributed by atoms with Gasteiger partial charge < -0.3 is 19.9 Å². The van der Waals surface area contributed by atoms with Crippen molar-refractivity contribution < 1.29 is 19.0 Å². The van der Waals surface area contributed by atoms with Gasteiger partial charge in [0.1, 0.15) is 5.82 Å². The molecule has 8 heteroatoms. The number of esters is 1. The van der Waals surface area contributed by atoms with Gasteiger partial charge in [0, 0.05) is 11.5 Å². The predicted octanol–water partition coefficient (Wildman–Crippen LogP) is 1.88. The van der Waals surface area contributed by atoms with Crippen LogP contribution in [0.2, 0.25) is 0 Å². The van der Waals surface area contributed by atoms with Gasteiger partial charge in [-0.3, -0.25) is 4.79 Å². The van der Waals surface area contributed by atoms with Crippen molar-refractivity contribution in [3.8, 4) is 11.5 Å². The topological polar surface area (TPSA) is 96.6 Å². The van der Waals surface area contributed by atoms with E-state index in [4.69, 9.17) is 19.9 Å². The van der Waals surface area contributed by atoms with Gasteiger partial charge in [0.25, 0.3) is 0 Å². The number of ether oxygens (including phenoxy) is 3. The summed E-state index contributed by atoms with van der Waals surface area (Å²) in [6.07, 6.45) is 0. The number of nitrogen functional groups attached to an aromatic ring is 1. The van der Waals surface area contributed by atoms with Crippen LogP contribution in [0, 0.1) is 0 Å². The Morgan fingerprint density at radius 1 is 1.23 bits per heavy atom. The number of rotatable bonds is 6. The summed E-state index contributed by atoms with van der Waals surface area (Å²) in [5.74, 6) is 1.23. The fourth-order valence-corrected chi connectivity index (χ4v) is 2.50. The van der Waals surface area contributed by atoms with E-state index in [2.05, 4.69) is 9.97 Å². The molecule has 1 aromatic heterocycles. The molecular formula is C14H17N3O4S. The van der Waals surface area contributed by atoms with Crippen LogP contribution in [0.4, 0.5) is 5.82 Å². The molecule has 0 spiro atoms. The summed E-state index contributed by atoms with van der Waals surface area (Å²) < 4.78 is 15.3. The van der Waals surface area contributed by atoms with Crippen LogP contribution in [0.1, 0.15) is 6.92 Å². The number of nitrogens with zero attached hydrogens (tertiary/aromatic N) is 2. The van der Waals surface area contributed by atoms with Gasteiger partial charge in [0.2, 0.25) is 0 Å². The van der Waals surface area contributed by atoms with Gasteiger partial charge in [-0.15, -0.1) is 0 Å². The standard InChI is InChI=1S/C14H17N3O4S/c1-4-21-12(18)7-22-14-16-9-6-11(20-3)10(19-2)5-8(9)13(15)17-14/h5-6H,4,7H2,1-3H3,(H2,15,16,17). The van der Waals surface area contributed by atoms with E-state index < -0.39 is 0 Å². The maximum Gasteiger partial charge on any atom is 0.316 e. The number of hydrogen-bond donors (Lipinski definition) is 1. The van der Waals surface area contributed by atoms with Crippen LogP contribution in [0.3, 0.4) is 0 Å². The number of hydrogen-bond acceptors (Lipinski definition) is 8. The zero-order valence-electron chi connectivity index (χ0n) is 12.6. The molecule has 2 N–H and O–H groups in total. The van der Waals surface area contributed by atoms with Crippen molar-refractivity contribution in [1.29, 1.82) is 0 Å². The zero-order chi connectivity index (χ0) is 16.1. The summed E-state index contributed by atoms with van der Waals surface area (Å²) in [6.45, 7) is 2.10. The smallest absolute Gasteiger partial charge is 0.316 e. The Balaban J connectivity index is 2.33. The zero-order valence-corrected chi connectivity index (χ0v) is 13.4. The third-order valence-corrected chi connectivity index (χ3v) is 3.66. The van der Waals surface area contributed by atoms with E-state index in [0.717, 1.165) is 0 Å². The minimum absolute atomic E-state index is 0.131. The fourth-order valence-electron chi connectivity index (χ4n) is 1.85. The van der Waals surface area contributed by atoms with E-state index in [9.17, 15) is 4.79 Å². The number of methoxy groups -OCH3 is 2. The molecule has 2 rings (SSSR count). The van der Waals surface area contributed by atoms with E-state index in [-0.39, 0.29) is 11.7 Å². The first-order valence-electron chi connectivity index (χ1n) is 6.56. The molecule has 0 amide bonds. The van der Waals surface area contributed by atoms with Crippen LogP contribution in [0.5, 0.6) is 11.5 Å². The number of carbonyl (C=O) groups excluding carboxylic acids is 1. The Bertz CT molecular complexity index is 693. The summed E-state index contributed by atoms with van der Waals surface area (Å²) in [7, 11) is 3.09. The Labute approximate surface area is 132 Å². The van der Waals surface area contributed by atoms with Gasteiger partial charge in [-0.2, -0.15) is 0 Å². The highest BCUT2D eigenvalue weighted by Gasteiger charge is 2.13. The van der Waals surface area contributed by atoms with Crippen LogP contribution in [-0.4, -0.2) is 42.5 Å². The van der Waals surface area contributed by atoms with E-state index in [1.807, 2.05) is 0 Å². The van der Waals surface area contributed by atoms with Crippen molar-refractivity contribution in [3.63, 3.8) is 0 Å². The van der Waals surface area contributed by atoms with Crippen molar-refractivity contribution in [3.05, 3.63) is 12.1 Å². The minimum atomic E-state index is -0.318. The summed E-state index contributed by atoms with van der Waals surface area (Å²) in [5.41, 5.74) is 6.58. The molecule has 0 fully saturated rings. The summed E-state index contributed by atoms with van der Waals surface area (Å²) in [4.78, 5) is 20.0. The first-order valence-corrected chi connectivity index (χ1v) is 7.55. The maximum atomic E-state index is 11.4. The van der Waals surface area contributed by atoms with E-state index in [1.165, 1.54) is 11.8 Å². The number of fused-ring (bicyclic) bond motifs is 1. The molecule has 0 aliphatic heterocycles. The highest BCUT2D eigenvalue weighted by molar-refractivity contribution is 7.99. The maximum absolute atomic E-state index is 11.4. The summed E-state index contributed by atoms with van der Waals surface area (Å²) in [6, 6.07) is 3.45. The second kappa shape index (κ2) is 7.17. The van der Waals surface area contributed by atoms with E-state index >= 15 is 0 Å². The third kappa shape index (κ3) is 3.51. The molecule has 0 saturated carbocycles. The Morgan fingerprint density at radius 2 is 1.91 bits per heavy atom. The van der Waals surface area contributed by atoms with Crippen molar-refractivity contribution >= 4 is 34.5 Å². The SMILES string of the molecule is CCOC(=O)CSc1nc(N)c2cc(OC)c(OC)cc2n1. The fraction of sp³-hybridized carbons (Fsp3) is 0.357. The number of aromatic nitrogens is 2. The molecule has 1 heterocycles. The number of anilines is 1. The van der Waals surface area contributed by atoms with E-state index in [1.54, 1.807) is 33.3 Å². The molecule has 2 aromatic rings. The minimum Gasteiger partial charge on any atom is -0.493 e. The van der Waals surface area contributed by atoms with Crippen molar-refractivity contribution in [2.75, 3.05) is 32.3 Å². The largest absolute Gasteiger partial charge is 0.493 e. The summed E-state index contributed by atoms with van der Waals surface area (Å²) in [5, 5.41) is 1.07. The number of thioether (sulfide) groups is 1. The predicted molar refractivity (Wildman–Crippen MR) is 84.4 cm³/mol. The average molecular weight is 323 g/mol. The van der Waals surface area contributed by atoms with Gasteiger partial charge in [-0.25, -0.2) is 9.97 Å². The molecular weight excluding hydrogens is 306 g/mol. The van der Waals surface area contributed by atoms with Crippen LogP contribution in [-0.2, 0) is 9.53 Å². The lowest BCUT2D eigenvalue weighted by Gasteiger charge is -2.10. The first-order chi connectivity index (χ1) is 10.6. The van der Waals surface area contributed by atoms with Gasteiger partial charge in [-0.1, -0.05) is 11.8 Å². The summed E-state index contributed by atoms with van der Waals surface area (Å²) >= 11 is 1.17. The van der Waals surface area contributed by atoms with Gasteiger partial charge in [0.05, 0.1) is 32.1 Å². The molecule has 0 aliphatic carbocycles. The Kier molecular flexibility index (Phi) is 5.26. The molecule has 0 aliphatic rings. The number of benzene rings is 1. The number of carbonyl (C=O) groups is 1. The molecule has 118 valence electrons. The average Bonchev–Trinajstić information content (AvgIpc) is 2.52. The highest BCUT2D eigenvalue weighted by Crippen LogP contribution is 2.34. The van der Waals surface area contributed by atoms with Gasteiger partial charge in [0.15, 0.2) is 16.7 Å². The lowest BCUT2D eigenvalue weighted by atomic mass is 10.2. The highest BCUT2D eigenvalue weighted by atomic mass is 32.2. The van der Waals surface area contributed by atoms with Crippen molar-refractivity contribution in [2.45, 2.75) is 12.1 Å². The van der Waals surface area contributed by atoms with Crippen molar-refractivity contribution in [2.24, 2.45) is 0 Å². The Morgan fingerprint density at radius 3 is 2.55 bits per heavy atom. The molecule has 22 heavy (non-hydrogen) atoms. The molecule has 0 radical (unpaired) electrons. The second-order valence-corrected chi connectivity index (χ2v) is 5.15. The van der Waals surface area contributed by atoms with E-state index in [0.29, 0.717) is 40.0 Å². The van der Waals surface area contributed by atoms with Crippen LogP contribution in [0.15, 0.2) is 17.3 Å². The Hall–Kier alpha value is -2.22. The quantitative estimate of drug-likeness (QED) is 0.489. The van der Waals surface area contributed by atoms with Gasteiger partial charge >= 0.3 is 5.97 Å². The normalized spacial score (nSPS) is 10.5. The van der Waals surface area contributed by atoms with Crippen LogP contribution in [0.25, 0.3) is 10.9 Å². The molecule has 0 saturated heterocycles. The molecule has 0 bridgehead atoms. The molecule has 1 aromatic carbocycles. The lowest BCUT2D eigenvalue weighted by molar-refractivity contribution is -0.139. The number of nitrogens with two attached hydrogens (primary N) is 1. The first kappa shape index (κ1) is 16.2. The van der Waals surface area contributed by atoms with Gasteiger partial charge in [-0.05, 0) is 13.0 Å². The van der Waals surface area contributed by atoms with Crippen LogP contribution >= 0.6 is 11.8 Å². The lowest BCUT2D eigenvalue weighted by Crippen LogP contribution is -2.07. The monoisotopic (exact) mass is 323 g/mol. The third-order valence-electron chi connectivity index (χ3n) is 2.83. The molecule has 7 nitrogen and oxygen atoms in total. The molecule has 0 atom stereocenters. The molecule has 0 unspecified atom stereocenters. The van der Waals surface area contributed by atoms with Crippen molar-refractivity contribution in [1.82, 2.24) is 9.97 Å². The second-order valence-electron chi connectivity index (χ2n) is 4.21. The van der Waals surface area contributed by atoms with Crippen LogP contribution < -0.4 is 15.2 Å².